The summed E-state index contributed by atoms with van der Waals surface area (Å²) in [7, 11) is -0.948. The molecule has 3 rings (SSSR count). The van der Waals surface area contributed by atoms with E-state index in [1.54, 1.807) is 6.20 Å². The summed E-state index contributed by atoms with van der Waals surface area (Å²) >= 11 is 0. The van der Waals surface area contributed by atoms with Gasteiger partial charge in [-0.15, -0.1) is 0 Å². The molecule has 0 bridgehead atoms. The molecule has 0 unspecified atom stereocenters. The summed E-state index contributed by atoms with van der Waals surface area (Å²) in [5.41, 5.74) is 0.358. The minimum atomic E-state index is -0.948. The van der Waals surface area contributed by atoms with Crippen LogP contribution in [-0.4, -0.2) is 23.3 Å². The Morgan fingerprint density at radius 2 is 1.86 bits per heavy atom. The number of hydrogen-bond acceptors (Lipinski definition) is 3. The second kappa shape index (κ2) is 5.46. The summed E-state index contributed by atoms with van der Waals surface area (Å²) in [6.45, 7) is 7.65. The zero-order valence-electron chi connectivity index (χ0n) is 13.7. The van der Waals surface area contributed by atoms with Crippen molar-refractivity contribution in [2.75, 3.05) is 0 Å². The van der Waals surface area contributed by atoms with Crippen molar-refractivity contribution >= 4 is 13.2 Å². The van der Waals surface area contributed by atoms with Crippen molar-refractivity contribution in [2.24, 2.45) is 0 Å². The molecule has 0 atom stereocenters. The summed E-state index contributed by atoms with van der Waals surface area (Å²) in [4.78, 5) is 4.44. The Labute approximate surface area is 132 Å². The zero-order valence-corrected chi connectivity index (χ0v) is 13.7. The molecule has 1 aromatic heterocycles. The van der Waals surface area contributed by atoms with Gasteiger partial charge in [0.1, 0.15) is 5.73 Å². The van der Waals surface area contributed by atoms with Crippen LogP contribution in [0.1, 0.15) is 64.1 Å². The molecular weight excluding hydrogens is 280 g/mol. The molecule has 2 aliphatic rings. The molecule has 0 radical (unpaired) electrons. The van der Waals surface area contributed by atoms with Crippen LogP contribution in [0.2, 0.25) is 0 Å². The lowest BCUT2D eigenvalue weighted by molar-refractivity contribution is 0.00578. The molecule has 1 saturated carbocycles. The Kier molecular flexibility index (Phi) is 3.90. The number of hydrogen-bond donors (Lipinski definition) is 0. The van der Waals surface area contributed by atoms with Crippen LogP contribution in [0.25, 0.3) is 6.08 Å². The average Bonchev–Trinajstić information content (AvgIpc) is 2.59. The number of pyridine rings is 1. The second-order valence-electron chi connectivity index (χ2n) is 7.26. The van der Waals surface area contributed by atoms with Gasteiger partial charge in [0.15, 0.2) is 0 Å². The van der Waals surface area contributed by atoms with Crippen LogP contribution in [0.4, 0.5) is 4.39 Å². The summed E-state index contributed by atoms with van der Waals surface area (Å²) in [5.74, 6) is 0.589. The largest absolute Gasteiger partial charge is 0.525 e. The van der Waals surface area contributed by atoms with Gasteiger partial charge in [0, 0.05) is 17.8 Å². The molecule has 3 nitrogen and oxygen atoms in total. The quantitative estimate of drug-likeness (QED) is 0.781. The lowest BCUT2D eigenvalue weighted by atomic mass is 9.82. The van der Waals surface area contributed by atoms with Gasteiger partial charge < -0.3 is 9.31 Å². The van der Waals surface area contributed by atoms with Crippen LogP contribution in [0, 0.1) is 0 Å². The first-order valence-corrected chi connectivity index (χ1v) is 7.97. The predicted molar refractivity (Wildman–Crippen MR) is 86.0 cm³/mol. The highest BCUT2D eigenvalue weighted by atomic mass is 19.1. The Balaban J connectivity index is 1.72. The second-order valence-corrected chi connectivity index (χ2v) is 7.26. The van der Waals surface area contributed by atoms with Gasteiger partial charge in [-0.25, -0.2) is 4.39 Å². The normalized spacial score (nSPS) is 24.4. The molecule has 0 N–H and O–H groups in total. The molecule has 22 heavy (non-hydrogen) atoms. The van der Waals surface area contributed by atoms with Crippen molar-refractivity contribution in [3.05, 3.63) is 35.3 Å². The van der Waals surface area contributed by atoms with Crippen LogP contribution in [-0.2, 0) is 9.31 Å². The van der Waals surface area contributed by atoms with Gasteiger partial charge in [-0.3, -0.25) is 4.98 Å². The molecule has 1 saturated heterocycles. The predicted octanol–water partition coefficient (Wildman–Crippen LogP) is 4.29. The third-order valence-corrected chi connectivity index (χ3v) is 5.12. The van der Waals surface area contributed by atoms with E-state index >= 15 is 0 Å². The molecule has 0 aromatic carbocycles. The summed E-state index contributed by atoms with van der Waals surface area (Å²) in [6, 6.07) is 3.90. The van der Waals surface area contributed by atoms with Crippen LogP contribution in [0.5, 0.6) is 0 Å². The molecule has 1 aromatic rings. The molecule has 0 spiro atoms. The van der Waals surface area contributed by atoms with Gasteiger partial charge in [0.05, 0.1) is 11.2 Å². The van der Waals surface area contributed by atoms with Crippen LogP contribution < -0.4 is 0 Å². The first-order valence-electron chi connectivity index (χ1n) is 7.97. The highest BCUT2D eigenvalue weighted by molar-refractivity contribution is 6.54. The van der Waals surface area contributed by atoms with Gasteiger partial charge >= 0.3 is 7.12 Å². The molecule has 2 heterocycles. The zero-order chi connectivity index (χ0) is 16.0. The van der Waals surface area contributed by atoms with E-state index in [2.05, 4.69) is 4.98 Å². The van der Waals surface area contributed by atoms with E-state index in [0.29, 0.717) is 5.92 Å². The maximum absolute atomic E-state index is 14.4. The third kappa shape index (κ3) is 2.84. The average molecular weight is 303 g/mol. The van der Waals surface area contributed by atoms with Crippen molar-refractivity contribution < 1.29 is 13.7 Å². The fourth-order valence-corrected chi connectivity index (χ4v) is 2.63. The highest BCUT2D eigenvalue weighted by Crippen LogP contribution is 2.39. The van der Waals surface area contributed by atoms with E-state index < -0.39 is 24.0 Å². The van der Waals surface area contributed by atoms with Crippen LogP contribution in [0.3, 0.4) is 0 Å². The minimum Gasteiger partial charge on any atom is -0.398 e. The summed E-state index contributed by atoms with van der Waals surface area (Å²) < 4.78 is 25.8. The monoisotopic (exact) mass is 303 g/mol. The molecular formula is C17H23BFNO2. The Morgan fingerprint density at radius 1 is 1.23 bits per heavy atom. The number of aromatic nitrogens is 1. The molecule has 118 valence electrons. The lowest BCUT2D eigenvalue weighted by Gasteiger charge is -2.32. The van der Waals surface area contributed by atoms with Crippen molar-refractivity contribution in [1.82, 2.24) is 4.98 Å². The van der Waals surface area contributed by atoms with Crippen molar-refractivity contribution in [1.29, 1.82) is 0 Å². The van der Waals surface area contributed by atoms with Crippen LogP contribution >= 0.6 is 0 Å². The first kappa shape index (κ1) is 15.7. The molecule has 1 aliphatic heterocycles. The molecule has 1 aliphatic carbocycles. The number of nitrogens with zero attached hydrogens (tertiary/aromatic N) is 1. The van der Waals surface area contributed by atoms with E-state index in [4.69, 9.17) is 9.31 Å². The van der Waals surface area contributed by atoms with E-state index in [-0.39, 0.29) is 0 Å². The Bertz CT molecular complexity index is 563. The van der Waals surface area contributed by atoms with Crippen molar-refractivity contribution in [3.63, 3.8) is 0 Å². The lowest BCUT2D eigenvalue weighted by Crippen LogP contribution is -2.41. The fraction of sp³-hybridized carbons (Fsp3) is 0.588. The maximum atomic E-state index is 14.4. The minimum absolute atomic E-state index is 0.420. The van der Waals surface area contributed by atoms with E-state index in [9.17, 15) is 4.39 Å². The van der Waals surface area contributed by atoms with Crippen molar-refractivity contribution in [2.45, 2.75) is 64.1 Å². The van der Waals surface area contributed by atoms with E-state index in [0.717, 1.165) is 11.3 Å². The van der Waals surface area contributed by atoms with Gasteiger partial charge in [-0.05, 0) is 58.2 Å². The maximum Gasteiger partial charge on any atom is 0.525 e. The Morgan fingerprint density at radius 3 is 2.32 bits per heavy atom. The van der Waals surface area contributed by atoms with Gasteiger partial charge in [0.2, 0.25) is 0 Å². The van der Waals surface area contributed by atoms with Gasteiger partial charge in [-0.1, -0.05) is 12.5 Å². The van der Waals surface area contributed by atoms with Gasteiger partial charge in [-0.2, -0.15) is 0 Å². The molecule has 2 fully saturated rings. The first-order chi connectivity index (χ1) is 10.3. The Hall–Kier alpha value is -1.20. The third-order valence-electron chi connectivity index (χ3n) is 5.12. The highest BCUT2D eigenvalue weighted by Gasteiger charge is 2.53. The van der Waals surface area contributed by atoms with E-state index in [1.807, 2.05) is 39.8 Å². The van der Waals surface area contributed by atoms with Crippen LogP contribution in [0.15, 0.2) is 24.1 Å². The summed E-state index contributed by atoms with van der Waals surface area (Å²) in [6.07, 6.45) is 6.87. The van der Waals surface area contributed by atoms with Crippen molar-refractivity contribution in [3.8, 4) is 0 Å². The molecule has 5 heteroatoms. The van der Waals surface area contributed by atoms with E-state index in [1.165, 1.54) is 25.3 Å². The SMILES string of the molecule is CC1(C)OB(C(F)=Cc2ccc(C3CCC3)nc2)OC1(C)C. The number of halogens is 1. The fourth-order valence-electron chi connectivity index (χ4n) is 2.63. The van der Waals surface area contributed by atoms with Gasteiger partial charge in [0.25, 0.3) is 0 Å². The molecule has 0 amide bonds. The smallest absolute Gasteiger partial charge is 0.398 e. The topological polar surface area (TPSA) is 31.4 Å². The number of rotatable bonds is 3. The summed E-state index contributed by atoms with van der Waals surface area (Å²) in [5, 5.41) is 0. The standard InChI is InChI=1S/C17H23BFNO2/c1-16(2)17(3,4)22-18(21-16)15(19)10-12-8-9-14(20-11-12)13-6-5-7-13/h8-11,13H,5-7H2,1-4H3.